The van der Waals surface area contributed by atoms with E-state index in [0.717, 1.165) is 12.1 Å². The normalized spacial score (nSPS) is 11.1. The summed E-state index contributed by atoms with van der Waals surface area (Å²) in [6.45, 7) is 1.72. The van der Waals surface area contributed by atoms with Gasteiger partial charge in [0.25, 0.3) is 0 Å². The number of hydrogen-bond acceptors (Lipinski definition) is 3. The molecule has 5 heteroatoms. The van der Waals surface area contributed by atoms with Gasteiger partial charge in [0.05, 0.1) is 0 Å². The summed E-state index contributed by atoms with van der Waals surface area (Å²) in [5, 5.41) is 0. The van der Waals surface area contributed by atoms with Crippen molar-refractivity contribution in [2.75, 3.05) is 0 Å². The Morgan fingerprint density at radius 1 is 1.06 bits per heavy atom. The molecule has 0 saturated heterocycles. The van der Waals surface area contributed by atoms with E-state index < -0.39 is 11.6 Å². The van der Waals surface area contributed by atoms with E-state index in [1.54, 1.807) is 19.2 Å². The van der Waals surface area contributed by atoms with Crippen molar-refractivity contribution in [2.24, 2.45) is 0 Å². The van der Waals surface area contributed by atoms with Crippen molar-refractivity contribution >= 4 is 11.2 Å². The van der Waals surface area contributed by atoms with Crippen LogP contribution < -0.4 is 0 Å². The van der Waals surface area contributed by atoms with E-state index >= 15 is 0 Å². The van der Waals surface area contributed by atoms with Crippen LogP contribution in [0.4, 0.5) is 8.78 Å². The van der Waals surface area contributed by atoms with Crippen LogP contribution in [0.5, 0.6) is 0 Å². The predicted octanol–water partition coefficient (Wildman–Crippen LogP) is 3.48. The molecule has 0 atom stereocenters. The van der Waals surface area contributed by atoms with Crippen LogP contribution in [0.3, 0.4) is 0 Å². The summed E-state index contributed by atoms with van der Waals surface area (Å²) in [4.78, 5) is 8.18. The molecule has 0 N–H and O–H groups in total. The van der Waals surface area contributed by atoms with Gasteiger partial charge in [-0.2, -0.15) is 4.98 Å². The van der Waals surface area contributed by atoms with Gasteiger partial charge in [-0.05, 0) is 23.8 Å². The monoisotopic (exact) mass is 246 g/mol. The number of benzene rings is 1. The number of rotatable bonds is 1. The SMILES string of the molecule is Cc1nc2ncc(-c3ccc(F)c(F)c3)cc2o1. The second-order valence-electron chi connectivity index (χ2n) is 3.91. The fourth-order valence-electron chi connectivity index (χ4n) is 1.76. The molecule has 0 aliphatic heterocycles. The molecule has 0 amide bonds. The molecular formula is C13H8F2N2O. The van der Waals surface area contributed by atoms with Gasteiger partial charge in [0.15, 0.2) is 28.8 Å². The summed E-state index contributed by atoms with van der Waals surface area (Å²) >= 11 is 0. The lowest BCUT2D eigenvalue weighted by Crippen LogP contribution is -1.86. The van der Waals surface area contributed by atoms with Gasteiger partial charge in [-0.1, -0.05) is 6.07 Å². The molecule has 0 radical (unpaired) electrons. The molecule has 2 heterocycles. The van der Waals surface area contributed by atoms with Gasteiger partial charge in [0.1, 0.15) is 0 Å². The highest BCUT2D eigenvalue weighted by molar-refractivity contribution is 5.76. The van der Waals surface area contributed by atoms with Gasteiger partial charge in [0, 0.05) is 18.7 Å². The van der Waals surface area contributed by atoms with Crippen molar-refractivity contribution in [3.63, 3.8) is 0 Å². The van der Waals surface area contributed by atoms with E-state index in [4.69, 9.17) is 4.42 Å². The summed E-state index contributed by atoms with van der Waals surface area (Å²) < 4.78 is 31.3. The van der Waals surface area contributed by atoms with Gasteiger partial charge < -0.3 is 4.42 Å². The number of nitrogens with zero attached hydrogens (tertiary/aromatic N) is 2. The zero-order chi connectivity index (χ0) is 12.7. The van der Waals surface area contributed by atoms with E-state index in [9.17, 15) is 8.78 Å². The highest BCUT2D eigenvalue weighted by Crippen LogP contribution is 2.24. The molecule has 90 valence electrons. The molecule has 0 unspecified atom stereocenters. The van der Waals surface area contributed by atoms with Crippen LogP contribution in [-0.2, 0) is 0 Å². The summed E-state index contributed by atoms with van der Waals surface area (Å²) in [5.41, 5.74) is 2.21. The number of halogens is 2. The fraction of sp³-hybridized carbons (Fsp3) is 0.0769. The number of oxazole rings is 1. The van der Waals surface area contributed by atoms with Crippen LogP contribution in [-0.4, -0.2) is 9.97 Å². The topological polar surface area (TPSA) is 38.9 Å². The Bertz CT molecular complexity index is 737. The van der Waals surface area contributed by atoms with Crippen molar-refractivity contribution in [3.8, 4) is 11.1 Å². The maximum absolute atomic E-state index is 13.2. The third-order valence-corrected chi connectivity index (χ3v) is 2.61. The van der Waals surface area contributed by atoms with Crippen molar-refractivity contribution in [3.05, 3.63) is 48.0 Å². The Labute approximate surface area is 101 Å². The standard InChI is InChI=1S/C13H8F2N2O/c1-7-17-13-12(18-7)5-9(6-16-13)8-2-3-10(14)11(15)4-8/h2-6H,1H3. The Morgan fingerprint density at radius 3 is 2.67 bits per heavy atom. The Morgan fingerprint density at radius 2 is 1.89 bits per heavy atom. The average Bonchev–Trinajstić information content (AvgIpc) is 2.71. The number of fused-ring (bicyclic) bond motifs is 1. The van der Waals surface area contributed by atoms with Crippen LogP contribution in [0.1, 0.15) is 5.89 Å². The second-order valence-corrected chi connectivity index (χ2v) is 3.91. The van der Waals surface area contributed by atoms with Crippen LogP contribution in [0.2, 0.25) is 0 Å². The lowest BCUT2D eigenvalue weighted by molar-refractivity contribution is 0.509. The maximum atomic E-state index is 13.2. The molecule has 0 fully saturated rings. The maximum Gasteiger partial charge on any atom is 0.198 e. The first-order valence-electron chi connectivity index (χ1n) is 5.32. The smallest absolute Gasteiger partial charge is 0.198 e. The third kappa shape index (κ3) is 1.73. The first kappa shape index (κ1) is 10.8. The molecule has 0 aliphatic carbocycles. The lowest BCUT2D eigenvalue weighted by atomic mass is 10.1. The van der Waals surface area contributed by atoms with Gasteiger partial charge in [-0.3, -0.25) is 0 Å². The van der Waals surface area contributed by atoms with Crippen LogP contribution >= 0.6 is 0 Å². The molecule has 0 saturated carbocycles. The summed E-state index contributed by atoms with van der Waals surface area (Å²) in [7, 11) is 0. The fourth-order valence-corrected chi connectivity index (χ4v) is 1.76. The van der Waals surface area contributed by atoms with Crippen LogP contribution in [0, 0.1) is 18.6 Å². The van der Waals surface area contributed by atoms with Gasteiger partial charge in [-0.25, -0.2) is 13.8 Å². The predicted molar refractivity (Wildman–Crippen MR) is 61.9 cm³/mol. The lowest BCUT2D eigenvalue weighted by Gasteiger charge is -2.01. The molecule has 3 rings (SSSR count). The third-order valence-electron chi connectivity index (χ3n) is 2.61. The number of pyridine rings is 1. The summed E-state index contributed by atoms with van der Waals surface area (Å²) in [6.07, 6.45) is 1.55. The van der Waals surface area contributed by atoms with Crippen molar-refractivity contribution in [2.45, 2.75) is 6.92 Å². The van der Waals surface area contributed by atoms with E-state index in [2.05, 4.69) is 9.97 Å². The molecule has 2 aromatic heterocycles. The molecule has 0 bridgehead atoms. The zero-order valence-corrected chi connectivity index (χ0v) is 9.45. The van der Waals surface area contributed by atoms with E-state index in [1.807, 2.05) is 0 Å². The highest BCUT2D eigenvalue weighted by Gasteiger charge is 2.08. The van der Waals surface area contributed by atoms with E-state index in [1.165, 1.54) is 6.07 Å². The molecule has 0 spiro atoms. The first-order valence-corrected chi connectivity index (χ1v) is 5.32. The molecular weight excluding hydrogens is 238 g/mol. The Balaban J connectivity index is 2.15. The van der Waals surface area contributed by atoms with Crippen molar-refractivity contribution in [1.29, 1.82) is 0 Å². The van der Waals surface area contributed by atoms with E-state index in [0.29, 0.717) is 28.2 Å². The van der Waals surface area contributed by atoms with Crippen molar-refractivity contribution in [1.82, 2.24) is 9.97 Å². The Kier molecular flexibility index (Phi) is 2.33. The second kappa shape index (κ2) is 3.87. The van der Waals surface area contributed by atoms with Gasteiger partial charge in [-0.15, -0.1) is 0 Å². The quantitative estimate of drug-likeness (QED) is 0.659. The summed E-state index contributed by atoms with van der Waals surface area (Å²) in [6, 6.07) is 5.40. The zero-order valence-electron chi connectivity index (χ0n) is 9.45. The average molecular weight is 246 g/mol. The Hall–Kier alpha value is -2.30. The first-order chi connectivity index (χ1) is 8.63. The van der Waals surface area contributed by atoms with Gasteiger partial charge in [0.2, 0.25) is 0 Å². The van der Waals surface area contributed by atoms with Crippen LogP contribution in [0.25, 0.3) is 22.4 Å². The van der Waals surface area contributed by atoms with Crippen LogP contribution in [0.15, 0.2) is 34.9 Å². The number of aryl methyl sites for hydroxylation is 1. The summed E-state index contributed by atoms with van der Waals surface area (Å²) in [5.74, 6) is -1.25. The largest absolute Gasteiger partial charge is 0.439 e. The minimum Gasteiger partial charge on any atom is -0.439 e. The molecule has 18 heavy (non-hydrogen) atoms. The minimum atomic E-state index is -0.888. The molecule has 0 aliphatic rings. The van der Waals surface area contributed by atoms with Gasteiger partial charge >= 0.3 is 0 Å². The minimum absolute atomic E-state index is 0.499. The molecule has 3 aromatic rings. The van der Waals surface area contributed by atoms with Crippen molar-refractivity contribution < 1.29 is 13.2 Å². The number of hydrogen-bond donors (Lipinski definition) is 0. The van der Waals surface area contributed by atoms with E-state index in [-0.39, 0.29) is 0 Å². The highest BCUT2D eigenvalue weighted by atomic mass is 19.2. The molecule has 1 aromatic carbocycles. The number of aromatic nitrogens is 2. The molecule has 3 nitrogen and oxygen atoms in total.